The van der Waals surface area contributed by atoms with Gasteiger partial charge in [0, 0.05) is 9.50 Å². The molecule has 1 unspecified atom stereocenters. The summed E-state index contributed by atoms with van der Waals surface area (Å²) < 4.78 is 6.07. The van der Waals surface area contributed by atoms with E-state index in [0.717, 1.165) is 27.9 Å². The summed E-state index contributed by atoms with van der Waals surface area (Å²) in [5, 5.41) is 4.77. The van der Waals surface area contributed by atoms with Gasteiger partial charge in [0.25, 0.3) is 0 Å². The SMILES string of the molecule is CCNC(c1ccc(OC)cc1Cl)c1cccc(Br)c1Cl. The molecule has 0 radical (unpaired) electrons. The predicted octanol–water partition coefficient (Wildman–Crippen LogP) is 5.46. The molecule has 0 aliphatic rings. The molecular formula is C16H16BrCl2NO. The molecule has 0 amide bonds. The van der Waals surface area contributed by atoms with Gasteiger partial charge in [-0.05, 0) is 51.8 Å². The monoisotopic (exact) mass is 387 g/mol. The smallest absolute Gasteiger partial charge is 0.120 e. The summed E-state index contributed by atoms with van der Waals surface area (Å²) >= 11 is 16.3. The van der Waals surface area contributed by atoms with E-state index in [1.807, 2.05) is 36.4 Å². The van der Waals surface area contributed by atoms with Gasteiger partial charge in [-0.3, -0.25) is 0 Å². The number of methoxy groups -OCH3 is 1. The Kier molecular flexibility index (Phi) is 5.94. The normalized spacial score (nSPS) is 12.2. The Hall–Kier alpha value is -0.740. The lowest BCUT2D eigenvalue weighted by atomic mass is 9.98. The maximum Gasteiger partial charge on any atom is 0.120 e. The van der Waals surface area contributed by atoms with Gasteiger partial charge in [-0.25, -0.2) is 0 Å². The van der Waals surface area contributed by atoms with Gasteiger partial charge in [-0.1, -0.05) is 48.3 Å². The summed E-state index contributed by atoms with van der Waals surface area (Å²) in [4.78, 5) is 0. The van der Waals surface area contributed by atoms with Crippen LogP contribution in [-0.4, -0.2) is 13.7 Å². The number of rotatable bonds is 5. The highest BCUT2D eigenvalue weighted by Crippen LogP contribution is 2.36. The summed E-state index contributed by atoms with van der Waals surface area (Å²) in [6.45, 7) is 2.85. The molecule has 0 aliphatic carbocycles. The molecule has 0 heterocycles. The van der Waals surface area contributed by atoms with Gasteiger partial charge in [-0.15, -0.1) is 0 Å². The van der Waals surface area contributed by atoms with Gasteiger partial charge in [0.15, 0.2) is 0 Å². The minimum Gasteiger partial charge on any atom is -0.497 e. The molecule has 2 rings (SSSR count). The van der Waals surface area contributed by atoms with Gasteiger partial charge < -0.3 is 10.1 Å². The van der Waals surface area contributed by atoms with E-state index in [2.05, 4.69) is 28.2 Å². The molecule has 2 aromatic rings. The largest absolute Gasteiger partial charge is 0.497 e. The van der Waals surface area contributed by atoms with Crippen molar-refractivity contribution in [2.24, 2.45) is 0 Å². The van der Waals surface area contributed by atoms with Gasteiger partial charge in [0.1, 0.15) is 5.75 Å². The summed E-state index contributed by atoms with van der Waals surface area (Å²) in [7, 11) is 1.62. The van der Waals surface area contributed by atoms with Gasteiger partial charge in [0.2, 0.25) is 0 Å². The van der Waals surface area contributed by atoms with E-state index < -0.39 is 0 Å². The molecule has 0 aliphatic heterocycles. The molecule has 0 bridgehead atoms. The van der Waals surface area contributed by atoms with E-state index in [0.29, 0.717) is 10.0 Å². The Morgan fingerprint density at radius 3 is 2.57 bits per heavy atom. The fourth-order valence-corrected chi connectivity index (χ4v) is 3.10. The first-order chi connectivity index (χ1) is 10.1. The average Bonchev–Trinajstić information content (AvgIpc) is 2.48. The third kappa shape index (κ3) is 3.72. The van der Waals surface area contributed by atoms with E-state index in [1.54, 1.807) is 7.11 Å². The van der Waals surface area contributed by atoms with Crippen molar-refractivity contribution in [3.63, 3.8) is 0 Å². The van der Waals surface area contributed by atoms with E-state index in [1.165, 1.54) is 0 Å². The highest BCUT2D eigenvalue weighted by molar-refractivity contribution is 9.10. The number of ether oxygens (including phenoxy) is 1. The van der Waals surface area contributed by atoms with Crippen LogP contribution in [0.4, 0.5) is 0 Å². The number of hydrogen-bond acceptors (Lipinski definition) is 2. The quantitative estimate of drug-likeness (QED) is 0.733. The van der Waals surface area contributed by atoms with Crippen molar-refractivity contribution in [3.8, 4) is 5.75 Å². The number of benzene rings is 2. The second kappa shape index (κ2) is 7.50. The zero-order chi connectivity index (χ0) is 15.4. The van der Waals surface area contributed by atoms with Crippen LogP contribution in [0, 0.1) is 0 Å². The molecule has 21 heavy (non-hydrogen) atoms. The molecule has 0 aromatic heterocycles. The lowest BCUT2D eigenvalue weighted by molar-refractivity contribution is 0.414. The van der Waals surface area contributed by atoms with Crippen LogP contribution in [0.15, 0.2) is 40.9 Å². The van der Waals surface area contributed by atoms with Crippen LogP contribution in [0.1, 0.15) is 24.1 Å². The van der Waals surface area contributed by atoms with E-state index in [9.17, 15) is 0 Å². The molecule has 1 N–H and O–H groups in total. The molecule has 112 valence electrons. The number of nitrogens with one attached hydrogen (secondary N) is 1. The number of halogens is 3. The first kappa shape index (κ1) is 16.6. The van der Waals surface area contributed by atoms with E-state index in [4.69, 9.17) is 27.9 Å². The fourth-order valence-electron chi connectivity index (χ4n) is 2.20. The third-order valence-corrected chi connectivity index (χ3v) is 4.86. The second-order valence-corrected chi connectivity index (χ2v) is 6.16. The highest BCUT2D eigenvalue weighted by Gasteiger charge is 2.20. The van der Waals surface area contributed by atoms with Crippen LogP contribution < -0.4 is 10.1 Å². The minimum atomic E-state index is -0.0709. The van der Waals surface area contributed by atoms with Gasteiger partial charge in [0.05, 0.1) is 18.2 Å². The Bertz CT molecular complexity index is 634. The molecule has 1 atom stereocenters. The van der Waals surface area contributed by atoms with E-state index in [-0.39, 0.29) is 6.04 Å². The predicted molar refractivity (Wildman–Crippen MR) is 92.7 cm³/mol. The van der Waals surface area contributed by atoms with Crippen LogP contribution in [-0.2, 0) is 0 Å². The standard InChI is InChI=1S/C16H16BrCl2NO/c1-3-20-16(12-5-4-6-13(17)15(12)19)11-8-7-10(21-2)9-14(11)18/h4-9,16,20H,3H2,1-2H3. The molecule has 2 nitrogen and oxygen atoms in total. The first-order valence-electron chi connectivity index (χ1n) is 6.59. The Balaban J connectivity index is 2.51. The highest BCUT2D eigenvalue weighted by atomic mass is 79.9. The van der Waals surface area contributed by atoms with Crippen molar-refractivity contribution < 1.29 is 4.74 Å². The summed E-state index contributed by atoms with van der Waals surface area (Å²) in [5.41, 5.74) is 1.96. The Morgan fingerprint density at radius 2 is 1.95 bits per heavy atom. The molecule has 5 heteroatoms. The Morgan fingerprint density at radius 1 is 1.19 bits per heavy atom. The van der Waals surface area contributed by atoms with Crippen LogP contribution in [0.2, 0.25) is 10.0 Å². The third-order valence-electron chi connectivity index (χ3n) is 3.22. The average molecular weight is 389 g/mol. The van der Waals surface area contributed by atoms with Crippen molar-refractivity contribution in [1.82, 2.24) is 5.32 Å². The minimum absolute atomic E-state index is 0.0709. The summed E-state index contributed by atoms with van der Waals surface area (Å²) in [6.07, 6.45) is 0. The topological polar surface area (TPSA) is 21.3 Å². The molecule has 2 aromatic carbocycles. The first-order valence-corrected chi connectivity index (χ1v) is 8.14. The molecule has 0 fully saturated rings. The lowest BCUT2D eigenvalue weighted by Crippen LogP contribution is -2.22. The van der Waals surface area contributed by atoms with Crippen LogP contribution in [0.25, 0.3) is 0 Å². The molecule has 0 saturated heterocycles. The zero-order valence-corrected chi connectivity index (χ0v) is 14.9. The molecule has 0 saturated carbocycles. The van der Waals surface area contributed by atoms with Gasteiger partial charge >= 0.3 is 0 Å². The zero-order valence-electron chi connectivity index (χ0n) is 11.8. The summed E-state index contributed by atoms with van der Waals surface area (Å²) in [6, 6.07) is 11.5. The van der Waals surface area contributed by atoms with Crippen molar-refractivity contribution in [3.05, 3.63) is 62.0 Å². The maximum absolute atomic E-state index is 6.43. The maximum atomic E-state index is 6.43. The fraction of sp³-hybridized carbons (Fsp3) is 0.250. The van der Waals surface area contributed by atoms with Crippen LogP contribution >= 0.6 is 39.1 Å². The van der Waals surface area contributed by atoms with Crippen LogP contribution in [0.5, 0.6) is 5.75 Å². The van der Waals surface area contributed by atoms with Gasteiger partial charge in [-0.2, -0.15) is 0 Å². The van der Waals surface area contributed by atoms with E-state index >= 15 is 0 Å². The lowest BCUT2D eigenvalue weighted by Gasteiger charge is -2.22. The molecular weight excluding hydrogens is 373 g/mol. The summed E-state index contributed by atoms with van der Waals surface area (Å²) in [5.74, 6) is 0.735. The van der Waals surface area contributed by atoms with Crippen molar-refractivity contribution in [2.75, 3.05) is 13.7 Å². The van der Waals surface area contributed by atoms with Crippen LogP contribution in [0.3, 0.4) is 0 Å². The second-order valence-electron chi connectivity index (χ2n) is 4.52. The van der Waals surface area contributed by atoms with Crippen molar-refractivity contribution in [2.45, 2.75) is 13.0 Å². The number of hydrogen-bond donors (Lipinski definition) is 1. The van der Waals surface area contributed by atoms with Crippen molar-refractivity contribution in [1.29, 1.82) is 0 Å². The Labute approximate surface area is 143 Å². The molecule has 0 spiro atoms. The van der Waals surface area contributed by atoms with Crippen molar-refractivity contribution >= 4 is 39.1 Å².